The lowest BCUT2D eigenvalue weighted by atomic mass is 10.1. The molecule has 5 nitrogen and oxygen atoms in total. The Kier molecular flexibility index (Phi) is 3.93. The van der Waals surface area contributed by atoms with Crippen LogP contribution in [-0.2, 0) is 0 Å². The van der Waals surface area contributed by atoms with Crippen LogP contribution < -0.4 is 16.8 Å². The van der Waals surface area contributed by atoms with E-state index in [9.17, 15) is 9.59 Å². The topological polar surface area (TPSA) is 98.2 Å². The fourth-order valence-corrected chi connectivity index (χ4v) is 1.93. The van der Waals surface area contributed by atoms with Gasteiger partial charge in [-0.1, -0.05) is 6.07 Å². The van der Waals surface area contributed by atoms with Gasteiger partial charge in [-0.15, -0.1) is 0 Å². The molecule has 0 bridgehead atoms. The Morgan fingerprint density at radius 3 is 2.19 bits per heavy atom. The van der Waals surface area contributed by atoms with E-state index in [4.69, 9.17) is 11.5 Å². The number of amides is 2. The van der Waals surface area contributed by atoms with Gasteiger partial charge in [0, 0.05) is 22.5 Å². The number of primary amides is 1. The van der Waals surface area contributed by atoms with Crippen molar-refractivity contribution >= 4 is 23.2 Å². The van der Waals surface area contributed by atoms with E-state index in [-0.39, 0.29) is 5.91 Å². The number of hydrogen-bond donors (Lipinski definition) is 3. The number of nitrogens with two attached hydrogens (primary N) is 2. The first-order valence-electron chi connectivity index (χ1n) is 6.46. The van der Waals surface area contributed by atoms with Crippen LogP contribution in [0.25, 0.3) is 0 Å². The number of nitrogen functional groups attached to an aromatic ring is 1. The van der Waals surface area contributed by atoms with E-state index in [1.54, 1.807) is 43.3 Å². The van der Waals surface area contributed by atoms with E-state index >= 15 is 0 Å². The lowest BCUT2D eigenvalue weighted by Crippen LogP contribution is -2.15. The highest BCUT2D eigenvalue weighted by Crippen LogP contribution is 2.19. The molecule has 0 spiro atoms. The summed E-state index contributed by atoms with van der Waals surface area (Å²) >= 11 is 0. The van der Waals surface area contributed by atoms with Gasteiger partial charge in [-0.3, -0.25) is 9.59 Å². The zero-order chi connectivity index (χ0) is 15.6. The van der Waals surface area contributed by atoms with Crippen molar-refractivity contribution in [2.75, 3.05) is 11.1 Å². The fourth-order valence-electron chi connectivity index (χ4n) is 1.93. The van der Waals surface area contributed by atoms with E-state index in [0.29, 0.717) is 22.5 Å². The molecule has 0 atom stereocenters. The number of nitrogens with one attached hydrogen (secondary N) is 1. The molecule has 21 heavy (non-hydrogen) atoms. The van der Waals surface area contributed by atoms with Gasteiger partial charge < -0.3 is 16.8 Å². The molecule has 5 heteroatoms. The van der Waals surface area contributed by atoms with Crippen LogP contribution in [0.5, 0.6) is 0 Å². The first kappa shape index (κ1) is 14.6. The Balaban J connectivity index is 2.23. The number of anilines is 2. The molecule has 0 aromatic heterocycles. The molecule has 2 rings (SSSR count). The van der Waals surface area contributed by atoms with Gasteiger partial charge in [0.1, 0.15) is 0 Å². The molecule has 0 saturated heterocycles. The minimum absolute atomic E-state index is 0.253. The van der Waals surface area contributed by atoms with Crippen LogP contribution in [0.2, 0.25) is 0 Å². The predicted molar refractivity (Wildman–Crippen MR) is 83.2 cm³/mol. The minimum atomic E-state index is -0.498. The molecule has 0 aliphatic rings. The van der Waals surface area contributed by atoms with Crippen molar-refractivity contribution in [3.8, 4) is 0 Å². The van der Waals surface area contributed by atoms with Crippen LogP contribution in [0, 0.1) is 13.8 Å². The van der Waals surface area contributed by atoms with Gasteiger partial charge in [-0.2, -0.15) is 0 Å². The molecular weight excluding hydrogens is 266 g/mol. The Hall–Kier alpha value is -2.82. The third kappa shape index (κ3) is 3.20. The largest absolute Gasteiger partial charge is 0.398 e. The van der Waals surface area contributed by atoms with Crippen molar-refractivity contribution in [3.05, 3.63) is 58.7 Å². The Labute approximate surface area is 123 Å². The van der Waals surface area contributed by atoms with Crippen LogP contribution >= 0.6 is 0 Å². The van der Waals surface area contributed by atoms with Gasteiger partial charge in [0.2, 0.25) is 5.91 Å². The lowest BCUT2D eigenvalue weighted by molar-refractivity contribution is 0.0998. The zero-order valence-corrected chi connectivity index (χ0v) is 11.9. The zero-order valence-electron chi connectivity index (χ0n) is 11.9. The lowest BCUT2D eigenvalue weighted by Gasteiger charge is -2.10. The highest BCUT2D eigenvalue weighted by Gasteiger charge is 2.10. The number of carbonyl (C=O) groups excluding carboxylic acids is 2. The van der Waals surface area contributed by atoms with Gasteiger partial charge in [0.25, 0.3) is 5.91 Å². The van der Waals surface area contributed by atoms with Crippen LogP contribution in [0.4, 0.5) is 11.4 Å². The maximum atomic E-state index is 12.2. The summed E-state index contributed by atoms with van der Waals surface area (Å²) in [5, 5.41) is 2.79. The summed E-state index contributed by atoms with van der Waals surface area (Å²) in [6.45, 7) is 3.68. The molecule has 0 aliphatic heterocycles. The number of aryl methyl sites for hydroxylation is 2. The molecule has 0 fully saturated rings. The number of rotatable bonds is 3. The monoisotopic (exact) mass is 283 g/mol. The number of benzene rings is 2. The van der Waals surface area contributed by atoms with Gasteiger partial charge >= 0.3 is 0 Å². The molecule has 0 aliphatic carbocycles. The molecule has 0 unspecified atom stereocenters. The number of carbonyl (C=O) groups is 2. The Morgan fingerprint density at radius 2 is 1.62 bits per heavy atom. The molecule has 0 radical (unpaired) electrons. The van der Waals surface area contributed by atoms with Crippen molar-refractivity contribution in [1.29, 1.82) is 0 Å². The molecule has 0 heterocycles. The maximum absolute atomic E-state index is 12.2. The van der Waals surface area contributed by atoms with Crippen molar-refractivity contribution in [2.24, 2.45) is 5.73 Å². The molecular formula is C16H17N3O2. The molecule has 5 N–H and O–H groups in total. The minimum Gasteiger partial charge on any atom is -0.398 e. The summed E-state index contributed by atoms with van der Waals surface area (Å²) in [4.78, 5) is 23.3. The van der Waals surface area contributed by atoms with Crippen molar-refractivity contribution in [3.63, 3.8) is 0 Å². The van der Waals surface area contributed by atoms with Crippen LogP contribution in [0.1, 0.15) is 31.8 Å². The standard InChI is InChI=1S/C16H17N3O2/c1-9-3-4-12(8-13(9)17)16(21)19-14-6-5-11(15(18)20)7-10(14)2/h3-8H,17H2,1-2H3,(H2,18,20)(H,19,21). The quantitative estimate of drug-likeness (QED) is 0.753. The first-order valence-corrected chi connectivity index (χ1v) is 6.46. The average molecular weight is 283 g/mol. The van der Waals surface area contributed by atoms with Gasteiger partial charge in [-0.25, -0.2) is 0 Å². The van der Waals surface area contributed by atoms with E-state index in [1.165, 1.54) is 0 Å². The molecule has 108 valence electrons. The number of hydrogen-bond acceptors (Lipinski definition) is 3. The first-order chi connectivity index (χ1) is 9.88. The summed E-state index contributed by atoms with van der Waals surface area (Å²) in [5.74, 6) is -0.751. The van der Waals surface area contributed by atoms with Crippen LogP contribution in [0.3, 0.4) is 0 Å². The maximum Gasteiger partial charge on any atom is 0.255 e. The van der Waals surface area contributed by atoms with Gasteiger partial charge in [0.05, 0.1) is 0 Å². The second-order valence-electron chi connectivity index (χ2n) is 4.92. The SMILES string of the molecule is Cc1ccc(C(=O)Nc2ccc(C(N)=O)cc2C)cc1N. The van der Waals surface area contributed by atoms with E-state index < -0.39 is 5.91 Å². The van der Waals surface area contributed by atoms with Crippen molar-refractivity contribution in [1.82, 2.24) is 0 Å². The van der Waals surface area contributed by atoms with Crippen molar-refractivity contribution in [2.45, 2.75) is 13.8 Å². The van der Waals surface area contributed by atoms with Gasteiger partial charge in [0.15, 0.2) is 0 Å². The van der Waals surface area contributed by atoms with Crippen molar-refractivity contribution < 1.29 is 9.59 Å². The molecule has 0 saturated carbocycles. The third-order valence-corrected chi connectivity index (χ3v) is 3.30. The highest BCUT2D eigenvalue weighted by atomic mass is 16.2. The molecule has 2 amide bonds. The normalized spacial score (nSPS) is 10.2. The summed E-state index contributed by atoms with van der Waals surface area (Å²) in [6, 6.07) is 10.0. The van der Waals surface area contributed by atoms with E-state index in [1.807, 2.05) is 6.92 Å². The second-order valence-corrected chi connectivity index (χ2v) is 4.92. The predicted octanol–water partition coefficient (Wildman–Crippen LogP) is 2.24. The summed E-state index contributed by atoms with van der Waals surface area (Å²) < 4.78 is 0. The summed E-state index contributed by atoms with van der Waals surface area (Å²) in [5.41, 5.74) is 14.8. The molecule has 2 aromatic carbocycles. The smallest absolute Gasteiger partial charge is 0.255 e. The summed E-state index contributed by atoms with van der Waals surface area (Å²) in [7, 11) is 0. The Bertz CT molecular complexity index is 723. The summed E-state index contributed by atoms with van der Waals surface area (Å²) in [6.07, 6.45) is 0. The Morgan fingerprint density at radius 1 is 0.952 bits per heavy atom. The van der Waals surface area contributed by atoms with Crippen LogP contribution in [0.15, 0.2) is 36.4 Å². The molecule has 2 aromatic rings. The van der Waals surface area contributed by atoms with E-state index in [2.05, 4.69) is 5.32 Å². The highest BCUT2D eigenvalue weighted by molar-refractivity contribution is 6.05. The fraction of sp³-hybridized carbons (Fsp3) is 0.125. The van der Waals surface area contributed by atoms with Crippen LogP contribution in [-0.4, -0.2) is 11.8 Å². The van der Waals surface area contributed by atoms with Gasteiger partial charge in [-0.05, 0) is 55.3 Å². The third-order valence-electron chi connectivity index (χ3n) is 3.30. The average Bonchev–Trinajstić information content (AvgIpc) is 2.43. The second kappa shape index (κ2) is 5.66. The van der Waals surface area contributed by atoms with E-state index in [0.717, 1.165) is 11.1 Å².